The number of hydrogen-bond donors (Lipinski definition) is 1. The van der Waals surface area contributed by atoms with Gasteiger partial charge in [-0.25, -0.2) is 14.1 Å². The molecule has 105 valence electrons. The van der Waals surface area contributed by atoms with Gasteiger partial charge in [-0.3, -0.25) is 4.79 Å². The molecule has 0 saturated carbocycles. The third kappa shape index (κ3) is 3.58. The first-order valence-electron chi connectivity index (χ1n) is 6.17. The molecule has 0 saturated heterocycles. The Balaban J connectivity index is 3.04. The van der Waals surface area contributed by atoms with Crippen LogP contribution >= 0.6 is 0 Å². The van der Waals surface area contributed by atoms with Crippen LogP contribution in [0.4, 0.5) is 9.18 Å². The SMILES string of the molecule is [C]#Cc1ccc(C(=O)N(CC(C)CC)C(=O)O)cc1F. The predicted octanol–water partition coefficient (Wildman–Crippen LogP) is 2.93. The summed E-state index contributed by atoms with van der Waals surface area (Å²) in [5, 5.41) is 9.09. The van der Waals surface area contributed by atoms with E-state index in [9.17, 15) is 14.0 Å². The van der Waals surface area contributed by atoms with Gasteiger partial charge < -0.3 is 5.11 Å². The summed E-state index contributed by atoms with van der Waals surface area (Å²) in [4.78, 5) is 23.9. The lowest BCUT2D eigenvalue weighted by Gasteiger charge is -2.20. The molecule has 1 radical (unpaired) electrons. The van der Waals surface area contributed by atoms with Crippen molar-refractivity contribution in [2.45, 2.75) is 20.3 Å². The topological polar surface area (TPSA) is 57.6 Å². The minimum absolute atomic E-state index is 0.0223. The summed E-state index contributed by atoms with van der Waals surface area (Å²) >= 11 is 0. The number of halogens is 1. The van der Waals surface area contributed by atoms with Crippen molar-refractivity contribution in [3.63, 3.8) is 0 Å². The standard InChI is InChI=1S/C15H15FNO3/c1-4-10(3)9-17(15(19)20)14(18)12-7-6-11(5-2)13(16)8-12/h6-8,10H,4,9H2,1,3H3,(H,19,20). The van der Waals surface area contributed by atoms with Crippen LogP contribution < -0.4 is 0 Å². The molecule has 2 amide bonds. The number of amides is 2. The molecule has 0 aliphatic heterocycles. The van der Waals surface area contributed by atoms with E-state index in [1.54, 1.807) is 0 Å². The Morgan fingerprint density at radius 2 is 2.15 bits per heavy atom. The Bertz CT molecular complexity index is 563. The van der Waals surface area contributed by atoms with Crippen molar-refractivity contribution in [1.82, 2.24) is 4.90 Å². The van der Waals surface area contributed by atoms with Crippen LogP contribution in [0, 0.1) is 24.1 Å². The molecule has 0 fully saturated rings. The van der Waals surface area contributed by atoms with Gasteiger partial charge in [-0.15, -0.1) is 0 Å². The van der Waals surface area contributed by atoms with Crippen molar-refractivity contribution in [3.05, 3.63) is 41.6 Å². The van der Waals surface area contributed by atoms with Crippen LogP contribution in [0.5, 0.6) is 0 Å². The van der Waals surface area contributed by atoms with E-state index in [-0.39, 0.29) is 23.6 Å². The second-order valence-corrected chi connectivity index (χ2v) is 4.53. The van der Waals surface area contributed by atoms with Gasteiger partial charge >= 0.3 is 6.09 Å². The zero-order chi connectivity index (χ0) is 15.3. The fourth-order valence-corrected chi connectivity index (χ4v) is 1.59. The highest BCUT2D eigenvalue weighted by Gasteiger charge is 2.24. The second-order valence-electron chi connectivity index (χ2n) is 4.53. The Kier molecular flexibility index (Phi) is 5.27. The van der Waals surface area contributed by atoms with Crippen LogP contribution in [0.2, 0.25) is 0 Å². The van der Waals surface area contributed by atoms with E-state index in [0.717, 1.165) is 12.5 Å². The maximum absolute atomic E-state index is 13.5. The van der Waals surface area contributed by atoms with Crippen molar-refractivity contribution in [2.24, 2.45) is 5.92 Å². The van der Waals surface area contributed by atoms with E-state index in [1.165, 1.54) is 12.1 Å². The van der Waals surface area contributed by atoms with Crippen LogP contribution in [0.1, 0.15) is 36.2 Å². The van der Waals surface area contributed by atoms with Crippen LogP contribution in [-0.4, -0.2) is 28.6 Å². The summed E-state index contributed by atoms with van der Waals surface area (Å²) in [5.74, 6) is 0.363. The lowest BCUT2D eigenvalue weighted by molar-refractivity contribution is 0.0717. The maximum Gasteiger partial charge on any atom is 0.414 e. The van der Waals surface area contributed by atoms with Gasteiger partial charge in [0.2, 0.25) is 0 Å². The number of hydrogen-bond acceptors (Lipinski definition) is 2. The number of carbonyl (C=O) groups excluding carboxylic acids is 1. The average Bonchev–Trinajstić information content (AvgIpc) is 2.43. The molecule has 5 heteroatoms. The van der Waals surface area contributed by atoms with E-state index in [1.807, 2.05) is 19.8 Å². The monoisotopic (exact) mass is 276 g/mol. The average molecular weight is 276 g/mol. The number of nitrogens with zero attached hydrogens (tertiary/aromatic N) is 1. The van der Waals surface area contributed by atoms with Crippen molar-refractivity contribution >= 4 is 12.0 Å². The molecule has 0 heterocycles. The molecule has 1 N–H and O–H groups in total. The minimum Gasteiger partial charge on any atom is -0.465 e. The van der Waals surface area contributed by atoms with Gasteiger partial charge in [-0.05, 0) is 36.5 Å². The van der Waals surface area contributed by atoms with Crippen LogP contribution in [-0.2, 0) is 0 Å². The van der Waals surface area contributed by atoms with Crippen molar-refractivity contribution in [3.8, 4) is 5.92 Å². The van der Waals surface area contributed by atoms with E-state index in [0.29, 0.717) is 4.90 Å². The number of rotatable bonds is 4. The quantitative estimate of drug-likeness (QED) is 0.860. The third-order valence-electron chi connectivity index (χ3n) is 3.02. The van der Waals surface area contributed by atoms with E-state index in [2.05, 4.69) is 0 Å². The number of carboxylic acid groups (broad SMARTS) is 1. The van der Waals surface area contributed by atoms with Crippen LogP contribution in [0.25, 0.3) is 0 Å². The molecule has 0 aliphatic carbocycles. The Hall–Kier alpha value is -2.35. The predicted molar refractivity (Wildman–Crippen MR) is 71.1 cm³/mol. The summed E-state index contributed by atoms with van der Waals surface area (Å²) in [6.07, 6.45) is 6.22. The zero-order valence-corrected chi connectivity index (χ0v) is 11.3. The van der Waals surface area contributed by atoms with Gasteiger partial charge in [-0.1, -0.05) is 20.3 Å². The van der Waals surface area contributed by atoms with Crippen molar-refractivity contribution < 1.29 is 19.1 Å². The first kappa shape index (κ1) is 15.7. The highest BCUT2D eigenvalue weighted by atomic mass is 19.1. The Morgan fingerprint density at radius 1 is 1.50 bits per heavy atom. The molecule has 1 aromatic rings. The molecule has 0 bridgehead atoms. The lowest BCUT2D eigenvalue weighted by atomic mass is 10.1. The van der Waals surface area contributed by atoms with Crippen molar-refractivity contribution in [1.29, 1.82) is 0 Å². The van der Waals surface area contributed by atoms with Gasteiger partial charge in [0, 0.05) is 12.1 Å². The van der Waals surface area contributed by atoms with Crippen LogP contribution in [0.3, 0.4) is 0 Å². The molecule has 0 aliphatic rings. The normalized spacial score (nSPS) is 11.5. The molecule has 0 aromatic heterocycles. The smallest absolute Gasteiger partial charge is 0.414 e. The van der Waals surface area contributed by atoms with E-state index < -0.39 is 17.8 Å². The fourth-order valence-electron chi connectivity index (χ4n) is 1.59. The second kappa shape index (κ2) is 6.71. The fraction of sp³-hybridized carbons (Fsp3) is 0.333. The zero-order valence-electron chi connectivity index (χ0n) is 11.3. The number of carbonyl (C=O) groups is 2. The molecule has 1 atom stereocenters. The summed E-state index contributed by atoms with van der Waals surface area (Å²) < 4.78 is 13.5. The molecule has 20 heavy (non-hydrogen) atoms. The number of benzene rings is 1. The molecule has 0 spiro atoms. The van der Waals surface area contributed by atoms with E-state index in [4.69, 9.17) is 11.5 Å². The van der Waals surface area contributed by atoms with Gasteiger partial charge in [0.05, 0.1) is 5.56 Å². The van der Waals surface area contributed by atoms with E-state index >= 15 is 0 Å². The van der Waals surface area contributed by atoms with Gasteiger partial charge in [0.1, 0.15) is 5.82 Å². The molecular formula is C15H15FNO3. The summed E-state index contributed by atoms with van der Waals surface area (Å²) in [7, 11) is 0. The Morgan fingerprint density at radius 3 is 2.60 bits per heavy atom. The van der Waals surface area contributed by atoms with Crippen molar-refractivity contribution in [2.75, 3.05) is 6.54 Å². The van der Waals surface area contributed by atoms with Gasteiger partial charge in [0.15, 0.2) is 0 Å². The maximum atomic E-state index is 13.5. The third-order valence-corrected chi connectivity index (χ3v) is 3.02. The Labute approximate surface area is 117 Å². The molecule has 1 rings (SSSR count). The first-order chi connectivity index (χ1) is 9.40. The highest BCUT2D eigenvalue weighted by molar-refractivity contribution is 6.02. The van der Waals surface area contributed by atoms with Gasteiger partial charge in [-0.2, -0.15) is 0 Å². The minimum atomic E-state index is -1.36. The lowest BCUT2D eigenvalue weighted by Crippen LogP contribution is -2.38. The first-order valence-corrected chi connectivity index (χ1v) is 6.17. The summed E-state index contributed by atoms with van der Waals surface area (Å²) in [6, 6.07) is 3.43. The number of imide groups is 1. The van der Waals surface area contributed by atoms with Crippen LogP contribution in [0.15, 0.2) is 18.2 Å². The molecular weight excluding hydrogens is 261 g/mol. The molecule has 1 unspecified atom stereocenters. The highest BCUT2D eigenvalue weighted by Crippen LogP contribution is 2.14. The summed E-state index contributed by atoms with van der Waals surface area (Å²) in [5.41, 5.74) is -0.141. The van der Waals surface area contributed by atoms with Gasteiger partial charge in [0.25, 0.3) is 5.91 Å². The largest absolute Gasteiger partial charge is 0.465 e. The molecule has 1 aromatic carbocycles. The molecule has 4 nitrogen and oxygen atoms in total. The summed E-state index contributed by atoms with van der Waals surface area (Å²) in [6.45, 7) is 3.78.